The van der Waals surface area contributed by atoms with E-state index in [0.717, 1.165) is 42.3 Å². The first kappa shape index (κ1) is 12.0. The van der Waals surface area contributed by atoms with Crippen molar-refractivity contribution in [2.24, 2.45) is 5.92 Å². The highest BCUT2D eigenvalue weighted by Crippen LogP contribution is 2.31. The van der Waals surface area contributed by atoms with Gasteiger partial charge in [0, 0.05) is 11.6 Å². The third-order valence-corrected chi connectivity index (χ3v) is 3.74. The molecule has 2 unspecified atom stereocenters. The summed E-state index contributed by atoms with van der Waals surface area (Å²) in [6.07, 6.45) is 5.96. The van der Waals surface area contributed by atoms with Gasteiger partial charge in [-0.25, -0.2) is 0 Å². The summed E-state index contributed by atoms with van der Waals surface area (Å²) < 4.78 is 6.09. The molecule has 19 heavy (non-hydrogen) atoms. The van der Waals surface area contributed by atoms with Crippen LogP contribution in [-0.2, 0) is 0 Å². The van der Waals surface area contributed by atoms with Crippen LogP contribution in [-0.4, -0.2) is 11.1 Å². The van der Waals surface area contributed by atoms with Crippen molar-refractivity contribution >= 4 is 10.9 Å². The summed E-state index contributed by atoms with van der Waals surface area (Å²) in [5, 5.41) is 10.3. The third-order valence-electron chi connectivity index (χ3n) is 3.74. The first-order chi connectivity index (χ1) is 9.38. The Morgan fingerprint density at radius 2 is 2.00 bits per heavy atom. The standard InChI is InChI=1S/C16H16N2O/c17-11-13-5-1-2-8-14(13)19-15-9-3-6-12-7-4-10-18-16(12)15/h3-4,6-7,9-10,13-14H,1-2,5,8H2. The van der Waals surface area contributed by atoms with Crippen LogP contribution in [0.4, 0.5) is 0 Å². The van der Waals surface area contributed by atoms with E-state index in [1.54, 1.807) is 6.20 Å². The average molecular weight is 252 g/mol. The number of hydrogen-bond donors (Lipinski definition) is 0. The van der Waals surface area contributed by atoms with Gasteiger partial charge in [0.25, 0.3) is 0 Å². The van der Waals surface area contributed by atoms with Crippen LogP contribution in [0.5, 0.6) is 5.75 Å². The molecule has 0 bridgehead atoms. The predicted octanol–water partition coefficient (Wildman–Crippen LogP) is 3.70. The van der Waals surface area contributed by atoms with Crippen molar-refractivity contribution in [3.05, 3.63) is 36.5 Å². The zero-order valence-electron chi connectivity index (χ0n) is 10.7. The zero-order valence-corrected chi connectivity index (χ0v) is 10.7. The monoisotopic (exact) mass is 252 g/mol. The molecule has 1 heterocycles. The Balaban J connectivity index is 1.91. The fraction of sp³-hybridized carbons (Fsp3) is 0.375. The molecule has 1 aliphatic rings. The second kappa shape index (κ2) is 5.27. The van der Waals surface area contributed by atoms with E-state index in [0.29, 0.717) is 0 Å². The SMILES string of the molecule is N#CC1CCCCC1Oc1cccc2cccnc12. The quantitative estimate of drug-likeness (QED) is 0.818. The molecule has 0 radical (unpaired) electrons. The van der Waals surface area contributed by atoms with Gasteiger partial charge >= 0.3 is 0 Å². The lowest BCUT2D eigenvalue weighted by atomic mass is 9.87. The maximum Gasteiger partial charge on any atom is 0.146 e. The molecule has 1 fully saturated rings. The van der Waals surface area contributed by atoms with Crippen molar-refractivity contribution in [1.29, 1.82) is 5.26 Å². The molecule has 0 spiro atoms. The summed E-state index contributed by atoms with van der Waals surface area (Å²) >= 11 is 0. The van der Waals surface area contributed by atoms with Crippen LogP contribution >= 0.6 is 0 Å². The van der Waals surface area contributed by atoms with Crippen LogP contribution in [0.15, 0.2) is 36.5 Å². The van der Waals surface area contributed by atoms with Crippen LogP contribution in [0.3, 0.4) is 0 Å². The number of ether oxygens (including phenoxy) is 1. The average Bonchev–Trinajstić information content (AvgIpc) is 2.48. The highest BCUT2D eigenvalue weighted by molar-refractivity contribution is 5.84. The van der Waals surface area contributed by atoms with Crippen LogP contribution in [0, 0.1) is 17.2 Å². The van der Waals surface area contributed by atoms with Crippen molar-refractivity contribution in [2.75, 3.05) is 0 Å². The van der Waals surface area contributed by atoms with Gasteiger partial charge in [0.05, 0.1) is 12.0 Å². The number of para-hydroxylation sites is 1. The topological polar surface area (TPSA) is 45.9 Å². The first-order valence-electron chi connectivity index (χ1n) is 6.78. The number of fused-ring (bicyclic) bond motifs is 1. The number of nitrogens with zero attached hydrogens (tertiary/aromatic N) is 2. The van der Waals surface area contributed by atoms with Gasteiger partial charge in [0.2, 0.25) is 0 Å². The Morgan fingerprint density at radius 1 is 1.16 bits per heavy atom. The smallest absolute Gasteiger partial charge is 0.146 e. The summed E-state index contributed by atoms with van der Waals surface area (Å²) in [6, 6.07) is 12.3. The van der Waals surface area contributed by atoms with E-state index in [4.69, 9.17) is 4.74 Å². The minimum atomic E-state index is 0.00589. The molecule has 96 valence electrons. The minimum Gasteiger partial charge on any atom is -0.487 e. The van der Waals surface area contributed by atoms with Gasteiger partial charge in [0.15, 0.2) is 0 Å². The molecule has 3 heteroatoms. The van der Waals surface area contributed by atoms with Crippen molar-refractivity contribution in [2.45, 2.75) is 31.8 Å². The van der Waals surface area contributed by atoms with Gasteiger partial charge in [-0.3, -0.25) is 4.98 Å². The number of benzene rings is 1. The Bertz CT molecular complexity index is 612. The molecule has 3 rings (SSSR count). The fourth-order valence-electron chi connectivity index (χ4n) is 2.72. The maximum absolute atomic E-state index is 9.21. The van der Waals surface area contributed by atoms with Crippen molar-refractivity contribution in [1.82, 2.24) is 4.98 Å². The maximum atomic E-state index is 9.21. The predicted molar refractivity (Wildman–Crippen MR) is 73.7 cm³/mol. The van der Waals surface area contributed by atoms with E-state index in [9.17, 15) is 5.26 Å². The summed E-state index contributed by atoms with van der Waals surface area (Å²) in [6.45, 7) is 0. The van der Waals surface area contributed by atoms with Crippen molar-refractivity contribution in [3.8, 4) is 11.8 Å². The summed E-state index contributed by atoms with van der Waals surface area (Å²) in [7, 11) is 0. The van der Waals surface area contributed by atoms with E-state index in [1.807, 2.05) is 30.3 Å². The van der Waals surface area contributed by atoms with Gasteiger partial charge in [-0.1, -0.05) is 24.6 Å². The number of pyridine rings is 1. The zero-order chi connectivity index (χ0) is 13.1. The molecule has 2 atom stereocenters. The first-order valence-corrected chi connectivity index (χ1v) is 6.78. The van der Waals surface area contributed by atoms with Crippen LogP contribution in [0.1, 0.15) is 25.7 Å². The van der Waals surface area contributed by atoms with Crippen molar-refractivity contribution < 1.29 is 4.74 Å². The Morgan fingerprint density at radius 3 is 2.89 bits per heavy atom. The van der Waals surface area contributed by atoms with Gasteiger partial charge < -0.3 is 4.74 Å². The highest BCUT2D eigenvalue weighted by Gasteiger charge is 2.27. The Hall–Kier alpha value is -2.08. The largest absolute Gasteiger partial charge is 0.487 e. The molecule has 0 aliphatic heterocycles. The molecule has 1 saturated carbocycles. The normalized spacial score (nSPS) is 22.9. The number of rotatable bonds is 2. The Kier molecular flexibility index (Phi) is 3.33. The molecule has 0 N–H and O–H groups in total. The van der Waals surface area contributed by atoms with E-state index in [-0.39, 0.29) is 12.0 Å². The molecular formula is C16H16N2O. The summed E-state index contributed by atoms with van der Waals surface area (Å²) in [4.78, 5) is 4.39. The van der Waals surface area contributed by atoms with Gasteiger partial charge in [0.1, 0.15) is 17.4 Å². The van der Waals surface area contributed by atoms with Gasteiger partial charge in [-0.2, -0.15) is 5.26 Å². The molecule has 1 aromatic carbocycles. The molecule has 2 aromatic rings. The van der Waals surface area contributed by atoms with Crippen molar-refractivity contribution in [3.63, 3.8) is 0 Å². The lowest BCUT2D eigenvalue weighted by Gasteiger charge is -2.27. The summed E-state index contributed by atoms with van der Waals surface area (Å²) in [5.74, 6) is 0.804. The van der Waals surface area contributed by atoms with Crippen LogP contribution in [0.2, 0.25) is 0 Å². The Labute approximate surface area is 112 Å². The fourth-order valence-corrected chi connectivity index (χ4v) is 2.72. The van der Waals surface area contributed by atoms with E-state index >= 15 is 0 Å². The number of nitriles is 1. The van der Waals surface area contributed by atoms with Gasteiger partial charge in [-0.15, -0.1) is 0 Å². The third kappa shape index (κ3) is 2.39. The second-order valence-electron chi connectivity index (χ2n) is 5.01. The number of hydrogen-bond acceptors (Lipinski definition) is 3. The van der Waals surface area contributed by atoms with E-state index < -0.39 is 0 Å². The molecule has 0 amide bonds. The van der Waals surface area contributed by atoms with E-state index in [2.05, 4.69) is 11.1 Å². The lowest BCUT2D eigenvalue weighted by molar-refractivity contribution is 0.121. The molecular weight excluding hydrogens is 236 g/mol. The second-order valence-corrected chi connectivity index (χ2v) is 5.01. The van der Waals surface area contributed by atoms with Gasteiger partial charge in [-0.05, 0) is 31.4 Å². The highest BCUT2D eigenvalue weighted by atomic mass is 16.5. The van der Waals surface area contributed by atoms with E-state index in [1.165, 1.54) is 0 Å². The summed E-state index contributed by atoms with van der Waals surface area (Å²) in [5.41, 5.74) is 0.882. The van der Waals surface area contributed by atoms with Crippen LogP contribution < -0.4 is 4.74 Å². The molecule has 3 nitrogen and oxygen atoms in total. The number of aromatic nitrogens is 1. The molecule has 1 aromatic heterocycles. The molecule has 0 saturated heterocycles. The lowest BCUT2D eigenvalue weighted by Crippen LogP contribution is -2.29. The minimum absolute atomic E-state index is 0.00589. The van der Waals surface area contributed by atoms with Crippen LogP contribution in [0.25, 0.3) is 10.9 Å². The molecule has 1 aliphatic carbocycles.